The lowest BCUT2D eigenvalue weighted by Gasteiger charge is -2.13. The lowest BCUT2D eigenvalue weighted by Crippen LogP contribution is -2.36. The van der Waals surface area contributed by atoms with Gasteiger partial charge in [0.1, 0.15) is 12.3 Å². The van der Waals surface area contributed by atoms with E-state index in [9.17, 15) is 14.4 Å². The van der Waals surface area contributed by atoms with Crippen LogP contribution in [-0.4, -0.2) is 35.6 Å². The number of rotatable bonds is 5. The van der Waals surface area contributed by atoms with Gasteiger partial charge in [0.2, 0.25) is 5.91 Å². The van der Waals surface area contributed by atoms with Crippen molar-refractivity contribution in [1.82, 2.24) is 4.90 Å². The van der Waals surface area contributed by atoms with Gasteiger partial charge < -0.3 is 10.1 Å². The topological polar surface area (TPSA) is 75.7 Å². The summed E-state index contributed by atoms with van der Waals surface area (Å²) in [5, 5.41) is 4.44. The Morgan fingerprint density at radius 1 is 1.19 bits per heavy atom. The number of nitrogens with one attached hydrogen (secondary N) is 1. The van der Waals surface area contributed by atoms with Gasteiger partial charge in [-0.25, -0.2) is 0 Å². The Labute approximate surface area is 201 Å². The number of anilines is 1. The molecular weight excluding hydrogens is 516 g/mol. The Hall–Kier alpha value is -2.81. The number of fused-ring (bicyclic) bond motifs is 1. The van der Waals surface area contributed by atoms with Gasteiger partial charge in [-0.15, -0.1) is 0 Å². The van der Waals surface area contributed by atoms with E-state index in [-0.39, 0.29) is 4.91 Å². The third-order valence-corrected chi connectivity index (χ3v) is 6.94. The molecule has 0 bridgehead atoms. The number of amides is 3. The van der Waals surface area contributed by atoms with Crippen LogP contribution < -0.4 is 10.1 Å². The summed E-state index contributed by atoms with van der Waals surface area (Å²) in [6.45, 7) is -0.400. The van der Waals surface area contributed by atoms with E-state index in [1.807, 2.05) is 36.4 Å². The van der Waals surface area contributed by atoms with Crippen molar-refractivity contribution in [2.24, 2.45) is 0 Å². The van der Waals surface area contributed by atoms with Crippen molar-refractivity contribution < 1.29 is 19.1 Å². The quantitative estimate of drug-likeness (QED) is 0.413. The Morgan fingerprint density at radius 2 is 1.97 bits per heavy atom. The molecule has 0 saturated carbocycles. The molecular formula is C23H16BrClN2O4S. The summed E-state index contributed by atoms with van der Waals surface area (Å²) in [6, 6.07) is 16.4. The highest BCUT2D eigenvalue weighted by Crippen LogP contribution is 2.36. The van der Waals surface area contributed by atoms with Crippen LogP contribution in [0.1, 0.15) is 5.56 Å². The number of carbonyl (C=O) groups is 3. The van der Waals surface area contributed by atoms with Crippen molar-refractivity contribution in [2.45, 2.75) is 0 Å². The minimum Gasteiger partial charge on any atom is -0.496 e. The van der Waals surface area contributed by atoms with Crippen molar-refractivity contribution in [2.75, 3.05) is 19.0 Å². The van der Waals surface area contributed by atoms with E-state index in [1.165, 1.54) is 0 Å². The van der Waals surface area contributed by atoms with Gasteiger partial charge in [-0.3, -0.25) is 19.3 Å². The molecule has 4 rings (SSSR count). The number of nitrogens with zero attached hydrogens (tertiary/aromatic N) is 1. The molecule has 3 aromatic rings. The highest BCUT2D eigenvalue weighted by molar-refractivity contribution is 9.10. The van der Waals surface area contributed by atoms with Crippen LogP contribution in [0.4, 0.5) is 10.5 Å². The first-order valence-electron chi connectivity index (χ1n) is 9.43. The zero-order valence-electron chi connectivity index (χ0n) is 16.7. The second-order valence-corrected chi connectivity index (χ2v) is 9.10. The second-order valence-electron chi connectivity index (χ2n) is 6.85. The molecule has 0 spiro atoms. The number of halogens is 2. The normalized spacial score (nSPS) is 15.0. The monoisotopic (exact) mass is 530 g/mol. The minimum absolute atomic E-state index is 0.226. The number of benzene rings is 3. The molecule has 1 heterocycles. The van der Waals surface area contributed by atoms with E-state index >= 15 is 0 Å². The van der Waals surface area contributed by atoms with Gasteiger partial charge in [0.25, 0.3) is 11.1 Å². The maximum absolute atomic E-state index is 12.9. The summed E-state index contributed by atoms with van der Waals surface area (Å²) in [6.07, 6.45) is 1.64. The van der Waals surface area contributed by atoms with E-state index < -0.39 is 23.6 Å². The average Bonchev–Trinajstić information content (AvgIpc) is 3.04. The molecule has 0 atom stereocenters. The van der Waals surface area contributed by atoms with Crippen LogP contribution in [0.5, 0.6) is 5.75 Å². The molecule has 0 aromatic heterocycles. The Bertz CT molecular complexity index is 1290. The molecule has 1 aliphatic rings. The summed E-state index contributed by atoms with van der Waals surface area (Å²) in [5.41, 5.74) is 1.16. The van der Waals surface area contributed by atoms with Gasteiger partial charge in [-0.1, -0.05) is 41.9 Å². The van der Waals surface area contributed by atoms with E-state index in [0.29, 0.717) is 26.5 Å². The van der Waals surface area contributed by atoms with Crippen LogP contribution in [0, 0.1) is 0 Å². The first kappa shape index (κ1) is 22.4. The molecule has 32 heavy (non-hydrogen) atoms. The van der Waals surface area contributed by atoms with Crippen molar-refractivity contribution in [1.29, 1.82) is 0 Å². The molecule has 162 valence electrons. The fourth-order valence-corrected chi connectivity index (χ4v) is 4.54. The molecule has 6 nitrogen and oxygen atoms in total. The molecule has 3 amide bonds. The standard InChI is InChI=1S/C23H16BrClN2O4S/c1-31-19-9-6-13-4-2-3-5-15(13)16(19)11-20-22(29)27(23(30)32-20)12-21(28)26-14-7-8-17(24)18(25)10-14/h2-11H,12H2,1H3,(H,26,28)/b20-11+. The summed E-state index contributed by atoms with van der Waals surface area (Å²) >= 11 is 10.1. The molecule has 3 aromatic carbocycles. The molecule has 1 aliphatic heterocycles. The SMILES string of the molecule is COc1ccc2ccccc2c1/C=C1/SC(=O)N(CC(=O)Nc2ccc(Br)c(Cl)c2)C1=O. The molecule has 9 heteroatoms. The van der Waals surface area contributed by atoms with Crippen molar-refractivity contribution >= 4 is 78.9 Å². The summed E-state index contributed by atoms with van der Waals surface area (Å²) < 4.78 is 6.15. The molecule has 1 saturated heterocycles. The number of methoxy groups -OCH3 is 1. The lowest BCUT2D eigenvalue weighted by atomic mass is 10.0. The number of thioether (sulfide) groups is 1. The molecule has 1 N–H and O–H groups in total. The first-order chi connectivity index (χ1) is 15.4. The van der Waals surface area contributed by atoms with Crippen molar-refractivity contribution in [3.63, 3.8) is 0 Å². The number of carbonyl (C=O) groups excluding carboxylic acids is 3. The Balaban J connectivity index is 1.57. The third kappa shape index (κ3) is 4.53. The zero-order chi connectivity index (χ0) is 22.8. The third-order valence-electron chi connectivity index (χ3n) is 4.80. The predicted molar refractivity (Wildman–Crippen MR) is 131 cm³/mol. The van der Waals surface area contributed by atoms with E-state index in [1.54, 1.807) is 31.4 Å². The van der Waals surface area contributed by atoms with Crippen molar-refractivity contribution in [3.05, 3.63) is 74.6 Å². The largest absolute Gasteiger partial charge is 0.496 e. The van der Waals surface area contributed by atoms with Gasteiger partial charge >= 0.3 is 0 Å². The van der Waals surface area contributed by atoms with Gasteiger partial charge in [0.05, 0.1) is 17.0 Å². The molecule has 0 aliphatic carbocycles. The van der Waals surface area contributed by atoms with Gasteiger partial charge in [-0.05, 0) is 68.8 Å². The average molecular weight is 532 g/mol. The Kier molecular flexibility index (Phi) is 6.55. The fraction of sp³-hybridized carbons (Fsp3) is 0.0870. The minimum atomic E-state index is -0.529. The van der Waals surface area contributed by atoms with Crippen LogP contribution in [0.25, 0.3) is 16.8 Å². The number of hydrogen-bond acceptors (Lipinski definition) is 5. The fourth-order valence-electron chi connectivity index (χ4n) is 3.29. The maximum atomic E-state index is 12.9. The van der Waals surface area contributed by atoms with Crippen molar-refractivity contribution in [3.8, 4) is 5.75 Å². The first-order valence-corrected chi connectivity index (χ1v) is 11.4. The highest BCUT2D eigenvalue weighted by Gasteiger charge is 2.36. The van der Waals surface area contributed by atoms with E-state index in [2.05, 4.69) is 21.2 Å². The zero-order valence-corrected chi connectivity index (χ0v) is 19.9. The number of ether oxygens (including phenoxy) is 1. The highest BCUT2D eigenvalue weighted by atomic mass is 79.9. The van der Waals surface area contributed by atoms with Crippen LogP contribution in [-0.2, 0) is 9.59 Å². The smallest absolute Gasteiger partial charge is 0.294 e. The predicted octanol–water partition coefficient (Wildman–Crippen LogP) is 5.94. The maximum Gasteiger partial charge on any atom is 0.294 e. The van der Waals surface area contributed by atoms with E-state index in [0.717, 1.165) is 27.4 Å². The molecule has 1 fully saturated rings. The molecule has 0 unspecified atom stereocenters. The van der Waals surface area contributed by atoms with E-state index in [4.69, 9.17) is 16.3 Å². The number of hydrogen-bond donors (Lipinski definition) is 1. The second kappa shape index (κ2) is 9.36. The van der Waals surface area contributed by atoms with Gasteiger partial charge in [0, 0.05) is 15.7 Å². The van der Waals surface area contributed by atoms with Crippen LogP contribution in [0.15, 0.2) is 64.0 Å². The Morgan fingerprint density at radius 3 is 2.72 bits per heavy atom. The van der Waals surface area contributed by atoms with Crippen LogP contribution >= 0.6 is 39.3 Å². The number of imide groups is 1. The van der Waals surface area contributed by atoms with Crippen LogP contribution in [0.3, 0.4) is 0 Å². The molecule has 0 radical (unpaired) electrons. The van der Waals surface area contributed by atoms with Gasteiger partial charge in [0.15, 0.2) is 0 Å². The lowest BCUT2D eigenvalue weighted by molar-refractivity contribution is -0.127. The van der Waals surface area contributed by atoms with Gasteiger partial charge in [-0.2, -0.15) is 0 Å². The van der Waals surface area contributed by atoms with Crippen LogP contribution in [0.2, 0.25) is 5.02 Å². The summed E-state index contributed by atoms with van der Waals surface area (Å²) in [4.78, 5) is 39.0. The summed E-state index contributed by atoms with van der Waals surface area (Å²) in [5.74, 6) is -0.450. The summed E-state index contributed by atoms with van der Waals surface area (Å²) in [7, 11) is 1.55.